The fraction of sp³-hybridized carbons (Fsp3) is 0.533. The summed E-state index contributed by atoms with van der Waals surface area (Å²) in [4.78, 5) is 0. The quantitative estimate of drug-likeness (QED) is 0.934. The zero-order valence-corrected chi connectivity index (χ0v) is 11.9. The summed E-state index contributed by atoms with van der Waals surface area (Å²) in [5.41, 5.74) is 0.972. The van der Waals surface area contributed by atoms with E-state index in [2.05, 4.69) is 20.8 Å². The van der Waals surface area contributed by atoms with Crippen molar-refractivity contribution in [2.24, 2.45) is 5.92 Å². The van der Waals surface area contributed by atoms with Crippen molar-refractivity contribution in [1.82, 2.24) is 20.2 Å². The zero-order valence-electron chi connectivity index (χ0n) is 11.9. The molecule has 2 aliphatic rings. The maximum Gasteiger partial charge on any atom is 0.247 e. The Morgan fingerprint density at radius 1 is 1.14 bits per heavy atom. The molecular formula is C15H19N5O. The fourth-order valence-electron chi connectivity index (χ4n) is 3.54. The van der Waals surface area contributed by atoms with E-state index in [-0.39, 0.29) is 0 Å². The molecule has 6 nitrogen and oxygen atoms in total. The van der Waals surface area contributed by atoms with Crippen LogP contribution in [0.4, 0.5) is 5.95 Å². The summed E-state index contributed by atoms with van der Waals surface area (Å²) in [5.74, 6) is 1.30. The number of hydrogen-bond acceptors (Lipinski definition) is 5. The molecule has 0 radical (unpaired) electrons. The van der Waals surface area contributed by atoms with E-state index in [1.54, 1.807) is 4.68 Å². The molecule has 1 saturated carbocycles. The first-order valence-electron chi connectivity index (χ1n) is 7.64. The highest BCUT2D eigenvalue weighted by molar-refractivity contribution is 5.39. The van der Waals surface area contributed by atoms with Crippen molar-refractivity contribution < 1.29 is 4.74 Å². The summed E-state index contributed by atoms with van der Waals surface area (Å²) < 4.78 is 7.59. The van der Waals surface area contributed by atoms with Gasteiger partial charge in [-0.05, 0) is 48.2 Å². The van der Waals surface area contributed by atoms with Crippen LogP contribution in [0, 0.1) is 5.92 Å². The number of aromatic nitrogens is 4. The second-order valence-corrected chi connectivity index (χ2v) is 5.79. The monoisotopic (exact) mass is 285 g/mol. The van der Waals surface area contributed by atoms with Crippen molar-refractivity contribution in [1.29, 1.82) is 0 Å². The van der Waals surface area contributed by atoms with Crippen molar-refractivity contribution in [3.05, 3.63) is 30.3 Å². The van der Waals surface area contributed by atoms with E-state index in [0.29, 0.717) is 18.1 Å². The van der Waals surface area contributed by atoms with Crippen molar-refractivity contribution >= 4 is 5.95 Å². The molecule has 4 rings (SSSR count). The van der Waals surface area contributed by atoms with Gasteiger partial charge in [-0.2, -0.15) is 4.68 Å². The Balaban J connectivity index is 1.56. The van der Waals surface area contributed by atoms with Crippen LogP contribution in [-0.2, 0) is 4.74 Å². The first kappa shape index (κ1) is 12.8. The van der Waals surface area contributed by atoms with Crippen molar-refractivity contribution in [3.8, 4) is 5.69 Å². The van der Waals surface area contributed by atoms with Crippen molar-refractivity contribution in [2.45, 2.75) is 37.8 Å². The second-order valence-electron chi connectivity index (χ2n) is 5.79. The van der Waals surface area contributed by atoms with Gasteiger partial charge in [-0.1, -0.05) is 23.3 Å². The number of hydrogen-bond donors (Lipinski definition) is 1. The number of ether oxygens (including phenoxy) is 1. The van der Waals surface area contributed by atoms with Gasteiger partial charge in [0.05, 0.1) is 11.8 Å². The average Bonchev–Trinajstić information content (AvgIpc) is 3.17. The molecule has 1 aliphatic heterocycles. The molecule has 1 saturated heterocycles. The van der Waals surface area contributed by atoms with Crippen LogP contribution in [0.2, 0.25) is 0 Å². The number of nitrogens with zero attached hydrogens (tertiary/aromatic N) is 4. The summed E-state index contributed by atoms with van der Waals surface area (Å²) >= 11 is 0. The van der Waals surface area contributed by atoms with Crippen LogP contribution in [0.5, 0.6) is 0 Å². The summed E-state index contributed by atoms with van der Waals surface area (Å²) in [7, 11) is 0. The van der Waals surface area contributed by atoms with Crippen LogP contribution in [-0.4, -0.2) is 39.0 Å². The Bertz CT molecular complexity index is 599. The predicted molar refractivity (Wildman–Crippen MR) is 78.3 cm³/mol. The van der Waals surface area contributed by atoms with Crippen LogP contribution in [0.3, 0.4) is 0 Å². The van der Waals surface area contributed by atoms with E-state index < -0.39 is 0 Å². The first-order chi connectivity index (χ1) is 10.4. The molecule has 2 fully saturated rings. The van der Waals surface area contributed by atoms with E-state index in [0.717, 1.165) is 31.1 Å². The van der Waals surface area contributed by atoms with Gasteiger partial charge in [0.25, 0.3) is 0 Å². The number of anilines is 1. The second kappa shape index (κ2) is 5.44. The summed E-state index contributed by atoms with van der Waals surface area (Å²) in [6.07, 6.45) is 5.09. The third kappa shape index (κ3) is 2.40. The molecule has 1 aromatic heterocycles. The molecule has 3 unspecified atom stereocenters. The number of fused-ring (bicyclic) bond motifs is 1. The molecule has 6 heteroatoms. The SMILES string of the molecule is c1ccc(-n2nnnc2NC2CCCC3OCCC23)cc1. The highest BCUT2D eigenvalue weighted by Gasteiger charge is 2.38. The minimum atomic E-state index is 0.403. The van der Waals surface area contributed by atoms with Crippen molar-refractivity contribution in [2.75, 3.05) is 11.9 Å². The summed E-state index contributed by atoms with van der Waals surface area (Å²) in [6.45, 7) is 0.886. The number of rotatable bonds is 3. The molecule has 0 amide bonds. The lowest BCUT2D eigenvalue weighted by molar-refractivity contribution is 0.0619. The van der Waals surface area contributed by atoms with Crippen LogP contribution >= 0.6 is 0 Å². The van der Waals surface area contributed by atoms with Gasteiger partial charge in [0.15, 0.2) is 0 Å². The lowest BCUT2D eigenvalue weighted by atomic mass is 9.82. The van der Waals surface area contributed by atoms with Gasteiger partial charge >= 0.3 is 0 Å². The first-order valence-corrected chi connectivity index (χ1v) is 7.64. The molecule has 0 bridgehead atoms. The largest absolute Gasteiger partial charge is 0.378 e. The van der Waals surface area contributed by atoms with E-state index in [1.807, 2.05) is 30.3 Å². The fourth-order valence-corrected chi connectivity index (χ4v) is 3.54. The van der Waals surface area contributed by atoms with Gasteiger partial charge in [-0.3, -0.25) is 0 Å². The number of para-hydroxylation sites is 1. The number of nitrogens with one attached hydrogen (secondary N) is 1. The number of tetrazole rings is 1. The van der Waals surface area contributed by atoms with E-state index in [4.69, 9.17) is 4.74 Å². The van der Waals surface area contributed by atoms with Crippen LogP contribution in [0.25, 0.3) is 5.69 Å². The zero-order chi connectivity index (χ0) is 14.1. The molecule has 3 atom stereocenters. The topological polar surface area (TPSA) is 64.9 Å². The maximum atomic E-state index is 5.82. The predicted octanol–water partition coefficient (Wildman–Crippen LogP) is 2.03. The maximum absolute atomic E-state index is 5.82. The molecule has 1 aliphatic carbocycles. The Morgan fingerprint density at radius 3 is 2.95 bits per heavy atom. The molecule has 2 heterocycles. The highest BCUT2D eigenvalue weighted by Crippen LogP contribution is 2.35. The van der Waals surface area contributed by atoms with E-state index in [9.17, 15) is 0 Å². The Hall–Kier alpha value is -1.95. The molecule has 21 heavy (non-hydrogen) atoms. The van der Waals surface area contributed by atoms with Gasteiger partial charge in [-0.15, -0.1) is 0 Å². The molecular weight excluding hydrogens is 266 g/mol. The molecule has 0 spiro atoms. The third-order valence-electron chi connectivity index (χ3n) is 4.57. The Morgan fingerprint density at radius 2 is 2.05 bits per heavy atom. The molecule has 1 N–H and O–H groups in total. The minimum Gasteiger partial charge on any atom is -0.378 e. The molecule has 110 valence electrons. The lowest BCUT2D eigenvalue weighted by Crippen LogP contribution is -2.38. The Kier molecular flexibility index (Phi) is 3.31. The van der Waals surface area contributed by atoms with Crippen LogP contribution < -0.4 is 5.32 Å². The highest BCUT2D eigenvalue weighted by atomic mass is 16.5. The van der Waals surface area contributed by atoms with Crippen LogP contribution in [0.1, 0.15) is 25.7 Å². The van der Waals surface area contributed by atoms with Gasteiger partial charge in [0.2, 0.25) is 5.95 Å². The normalized spacial score (nSPS) is 28.3. The average molecular weight is 285 g/mol. The standard InChI is InChI=1S/C15H19N5O/c1-2-5-11(6-3-1)20-15(17-18-19-20)16-13-7-4-8-14-12(13)9-10-21-14/h1-3,5-6,12-14H,4,7-10H2,(H,16,17,19). The third-order valence-corrected chi connectivity index (χ3v) is 4.57. The summed E-state index contributed by atoms with van der Waals surface area (Å²) in [6, 6.07) is 10.4. The smallest absolute Gasteiger partial charge is 0.247 e. The van der Waals surface area contributed by atoms with Crippen LogP contribution in [0.15, 0.2) is 30.3 Å². The van der Waals surface area contributed by atoms with Crippen molar-refractivity contribution in [3.63, 3.8) is 0 Å². The minimum absolute atomic E-state index is 0.403. The van der Waals surface area contributed by atoms with E-state index in [1.165, 1.54) is 12.8 Å². The summed E-state index contributed by atoms with van der Waals surface area (Å²) in [5, 5.41) is 15.6. The molecule has 2 aromatic rings. The van der Waals surface area contributed by atoms with Gasteiger partial charge in [0, 0.05) is 18.6 Å². The Labute approximate surface area is 123 Å². The van der Waals surface area contributed by atoms with Gasteiger partial charge < -0.3 is 10.1 Å². The number of benzene rings is 1. The van der Waals surface area contributed by atoms with E-state index >= 15 is 0 Å². The van der Waals surface area contributed by atoms with Gasteiger partial charge in [0.1, 0.15) is 0 Å². The van der Waals surface area contributed by atoms with Gasteiger partial charge in [-0.25, -0.2) is 0 Å². The lowest BCUT2D eigenvalue weighted by Gasteiger charge is -2.33. The molecule has 1 aromatic carbocycles.